The normalized spacial score (nSPS) is 19.4. The van der Waals surface area contributed by atoms with E-state index in [-0.39, 0.29) is 6.15 Å². The summed E-state index contributed by atoms with van der Waals surface area (Å²) in [6, 6.07) is 0. The lowest BCUT2D eigenvalue weighted by molar-refractivity contribution is 0.346. The van der Waals surface area contributed by atoms with Crippen molar-refractivity contribution in [3.8, 4) is 0 Å². The summed E-state index contributed by atoms with van der Waals surface area (Å²) in [5.41, 5.74) is 0. The van der Waals surface area contributed by atoms with E-state index in [4.69, 9.17) is 0 Å². The summed E-state index contributed by atoms with van der Waals surface area (Å²) >= 11 is 0. The van der Waals surface area contributed by atoms with Crippen LogP contribution >= 0.6 is 0 Å². The lowest BCUT2D eigenvalue weighted by atomic mass is 9.93. The lowest BCUT2D eigenvalue weighted by Gasteiger charge is -2.21. The molecule has 1 aliphatic heterocycles. The predicted octanol–water partition coefficient (Wildman–Crippen LogP) is 2.34. The molecule has 0 aliphatic carbocycles. The summed E-state index contributed by atoms with van der Waals surface area (Å²) < 4.78 is 0. The van der Waals surface area contributed by atoms with Crippen LogP contribution in [-0.2, 0) is 0 Å². The van der Waals surface area contributed by atoms with Crippen LogP contribution in [0.5, 0.6) is 0 Å². The van der Waals surface area contributed by atoms with E-state index in [1.54, 1.807) is 0 Å². The van der Waals surface area contributed by atoms with Gasteiger partial charge in [0.2, 0.25) is 0 Å². The van der Waals surface area contributed by atoms with Crippen molar-refractivity contribution in [2.75, 3.05) is 13.1 Å². The molecule has 0 amide bonds. The van der Waals surface area contributed by atoms with Gasteiger partial charge < -0.3 is 11.5 Å². The highest BCUT2D eigenvalue weighted by Gasteiger charge is 2.11. The quantitative estimate of drug-likeness (QED) is 0.662. The van der Waals surface area contributed by atoms with E-state index in [2.05, 4.69) is 12.2 Å². The van der Waals surface area contributed by atoms with Gasteiger partial charge in [0, 0.05) is 0 Å². The Morgan fingerprint density at radius 2 is 1.91 bits per heavy atom. The monoisotopic (exact) mass is 158 g/mol. The van der Waals surface area contributed by atoms with E-state index in [0.717, 1.165) is 5.92 Å². The van der Waals surface area contributed by atoms with Gasteiger partial charge >= 0.3 is 0 Å². The van der Waals surface area contributed by atoms with E-state index in [1.807, 2.05) is 0 Å². The zero-order valence-electron chi connectivity index (χ0n) is 7.73. The van der Waals surface area contributed by atoms with Crippen molar-refractivity contribution in [3.63, 3.8) is 0 Å². The number of piperidine rings is 1. The van der Waals surface area contributed by atoms with Gasteiger partial charge in [0.05, 0.1) is 0 Å². The van der Waals surface area contributed by atoms with Crippen LogP contribution in [0, 0.1) is 5.92 Å². The maximum absolute atomic E-state index is 3.39. The topological polar surface area (TPSA) is 47.0 Å². The van der Waals surface area contributed by atoms with Crippen LogP contribution in [0.3, 0.4) is 0 Å². The number of rotatable bonds is 3. The smallest absolute Gasteiger partial charge is 0.00463 e. The minimum atomic E-state index is 0. The first-order chi connectivity index (χ1) is 4.93. The average Bonchev–Trinajstić information content (AvgIpc) is 2.03. The molecule has 0 saturated carbocycles. The van der Waals surface area contributed by atoms with Crippen LogP contribution < -0.4 is 11.5 Å². The molecule has 0 atom stereocenters. The molecule has 2 heteroatoms. The van der Waals surface area contributed by atoms with Gasteiger partial charge in [-0.05, 0) is 31.8 Å². The third-order valence-corrected chi connectivity index (χ3v) is 2.42. The molecule has 2 nitrogen and oxygen atoms in total. The van der Waals surface area contributed by atoms with Crippen LogP contribution in [0.15, 0.2) is 0 Å². The largest absolute Gasteiger partial charge is 0.344 e. The van der Waals surface area contributed by atoms with Crippen LogP contribution in [-0.4, -0.2) is 13.1 Å². The fourth-order valence-corrected chi connectivity index (χ4v) is 1.66. The van der Waals surface area contributed by atoms with Crippen molar-refractivity contribution in [1.29, 1.82) is 0 Å². The van der Waals surface area contributed by atoms with Crippen LogP contribution in [0.2, 0.25) is 0 Å². The van der Waals surface area contributed by atoms with Gasteiger partial charge in [-0.2, -0.15) is 0 Å². The molecule has 0 unspecified atom stereocenters. The predicted molar refractivity (Wildman–Crippen MR) is 50.1 cm³/mol. The molecule has 1 saturated heterocycles. The van der Waals surface area contributed by atoms with Crippen molar-refractivity contribution in [1.82, 2.24) is 11.5 Å². The highest BCUT2D eigenvalue weighted by atomic mass is 14.9. The van der Waals surface area contributed by atoms with Gasteiger partial charge in [-0.25, -0.2) is 0 Å². The molecule has 68 valence electrons. The summed E-state index contributed by atoms with van der Waals surface area (Å²) in [5, 5.41) is 3.39. The average molecular weight is 158 g/mol. The molecule has 1 aliphatic rings. The minimum Gasteiger partial charge on any atom is -0.344 e. The molecule has 0 bridgehead atoms. The molecule has 0 aromatic heterocycles. The molecular weight excluding hydrogens is 136 g/mol. The van der Waals surface area contributed by atoms with Crippen molar-refractivity contribution in [3.05, 3.63) is 0 Å². The fraction of sp³-hybridized carbons (Fsp3) is 1.00. The third kappa shape index (κ3) is 4.38. The Hall–Kier alpha value is -0.0800. The second-order valence-electron chi connectivity index (χ2n) is 3.34. The summed E-state index contributed by atoms with van der Waals surface area (Å²) in [6.07, 6.45) is 7.10. The van der Waals surface area contributed by atoms with Crippen molar-refractivity contribution >= 4 is 0 Å². The summed E-state index contributed by atoms with van der Waals surface area (Å²) in [7, 11) is 0. The molecule has 0 spiro atoms. The highest BCUT2D eigenvalue weighted by molar-refractivity contribution is 4.67. The second kappa shape index (κ2) is 6.62. The van der Waals surface area contributed by atoms with Crippen LogP contribution in [0.1, 0.15) is 39.0 Å². The summed E-state index contributed by atoms with van der Waals surface area (Å²) in [5.74, 6) is 1.04. The Kier molecular flexibility index (Phi) is 6.57. The maximum Gasteiger partial charge on any atom is -0.00463 e. The van der Waals surface area contributed by atoms with Gasteiger partial charge in [-0.3, -0.25) is 0 Å². The molecular formula is C9H22N2. The van der Waals surface area contributed by atoms with Gasteiger partial charge in [0.15, 0.2) is 0 Å². The van der Waals surface area contributed by atoms with E-state index in [0.29, 0.717) is 0 Å². The van der Waals surface area contributed by atoms with Crippen LogP contribution in [0.4, 0.5) is 0 Å². The van der Waals surface area contributed by atoms with Gasteiger partial charge in [-0.1, -0.05) is 26.2 Å². The SMILES string of the molecule is CCCCC1CCNCC1.N. The van der Waals surface area contributed by atoms with Gasteiger partial charge in [0.1, 0.15) is 0 Å². The van der Waals surface area contributed by atoms with Crippen LogP contribution in [0.25, 0.3) is 0 Å². The molecule has 1 rings (SSSR count). The maximum atomic E-state index is 3.39. The molecule has 1 heterocycles. The van der Waals surface area contributed by atoms with E-state index in [9.17, 15) is 0 Å². The Balaban J connectivity index is 0.000001000. The molecule has 4 N–H and O–H groups in total. The minimum absolute atomic E-state index is 0. The number of unbranched alkanes of at least 4 members (excludes halogenated alkanes) is 1. The molecule has 0 aromatic carbocycles. The standard InChI is InChI=1S/C9H19N.H3N/c1-2-3-4-9-5-7-10-8-6-9;/h9-10H,2-8H2,1H3;1H3. The number of nitrogens with one attached hydrogen (secondary N) is 1. The second-order valence-corrected chi connectivity index (χ2v) is 3.34. The Labute approximate surface area is 70.3 Å². The highest BCUT2D eigenvalue weighted by Crippen LogP contribution is 2.17. The molecule has 1 fully saturated rings. The fourth-order valence-electron chi connectivity index (χ4n) is 1.66. The zero-order valence-corrected chi connectivity index (χ0v) is 7.73. The lowest BCUT2D eigenvalue weighted by Crippen LogP contribution is -2.27. The van der Waals surface area contributed by atoms with E-state index < -0.39 is 0 Å². The van der Waals surface area contributed by atoms with Gasteiger partial charge in [0.25, 0.3) is 0 Å². The first-order valence-corrected chi connectivity index (χ1v) is 4.64. The first kappa shape index (κ1) is 10.9. The number of hydrogen-bond acceptors (Lipinski definition) is 2. The van der Waals surface area contributed by atoms with E-state index >= 15 is 0 Å². The number of hydrogen-bond donors (Lipinski definition) is 2. The Bertz CT molecular complexity index is 77.6. The van der Waals surface area contributed by atoms with Crippen molar-refractivity contribution < 1.29 is 0 Å². The Morgan fingerprint density at radius 1 is 1.27 bits per heavy atom. The summed E-state index contributed by atoms with van der Waals surface area (Å²) in [4.78, 5) is 0. The van der Waals surface area contributed by atoms with Crippen molar-refractivity contribution in [2.45, 2.75) is 39.0 Å². The third-order valence-electron chi connectivity index (χ3n) is 2.42. The van der Waals surface area contributed by atoms with Gasteiger partial charge in [-0.15, -0.1) is 0 Å². The molecule has 0 aromatic rings. The first-order valence-electron chi connectivity index (χ1n) is 4.64. The van der Waals surface area contributed by atoms with Crippen molar-refractivity contribution in [2.24, 2.45) is 5.92 Å². The zero-order chi connectivity index (χ0) is 7.23. The Morgan fingerprint density at radius 3 is 2.45 bits per heavy atom. The molecule has 0 radical (unpaired) electrons. The van der Waals surface area contributed by atoms with E-state index in [1.165, 1.54) is 45.2 Å². The molecule has 11 heavy (non-hydrogen) atoms. The summed E-state index contributed by atoms with van der Waals surface area (Å²) in [6.45, 7) is 4.80.